The van der Waals surface area contributed by atoms with E-state index in [-0.39, 0.29) is 0 Å². The van der Waals surface area contributed by atoms with Gasteiger partial charge in [-0.3, -0.25) is 0 Å². The van der Waals surface area contributed by atoms with Gasteiger partial charge in [-0.05, 0) is 76.9 Å². The maximum atomic E-state index is 11.7. The SMILES string of the molecule is N#Cc1cc(C#N)c(-n2c3ccccc3c3c4sc5cccc(-c6ccccc6)c5c4ccc32)c(-n2c3ccccc3c3ccccc32)c1-n1c2ccccc2c2c3sc4cccc(-c5ccccc5)c4c3ccc21. The van der Waals surface area contributed by atoms with Crippen LogP contribution in [0.25, 0.3) is 145 Å². The van der Waals surface area contributed by atoms with Crippen LogP contribution in [-0.2, 0) is 0 Å². The second-order valence-electron chi connectivity index (χ2n) is 19.3. The van der Waals surface area contributed by atoms with Gasteiger partial charge in [0.25, 0.3) is 0 Å². The van der Waals surface area contributed by atoms with Crippen molar-refractivity contribution in [3.63, 3.8) is 0 Å². The van der Waals surface area contributed by atoms with Gasteiger partial charge < -0.3 is 13.7 Å². The van der Waals surface area contributed by atoms with Crippen LogP contribution < -0.4 is 0 Å². The maximum Gasteiger partial charge on any atom is 0.101 e. The standard InChI is InChI=1S/C68H37N5S2/c69-38-42-37-43(39-70)65(73-55-30-14-10-24-49(55)63-57(73)36-34-51-61-45(41-19-5-2-6-20-41)26-16-32-59(61)75-68(51)63)66(71-52-27-11-7-21-46(52)47-22-8-12-28-53(47)71)64(42)72-54-29-13-9-23-48(54)62-56(72)35-33-50-60-44(40-17-3-1-4-18-40)25-15-31-58(60)74-67(50)62/h1-37H. The zero-order valence-corrected chi connectivity index (χ0v) is 41.5. The average Bonchev–Trinajstić information content (AvgIpc) is 4.31. The average molecular weight is 988 g/mol. The number of aromatic nitrogens is 3. The lowest BCUT2D eigenvalue weighted by atomic mass is 9.99. The molecule has 0 unspecified atom stereocenters. The quantitative estimate of drug-likeness (QED) is 0.172. The van der Waals surface area contributed by atoms with Crippen molar-refractivity contribution in [2.24, 2.45) is 0 Å². The Balaban J connectivity index is 1.09. The van der Waals surface area contributed by atoms with Crippen LogP contribution in [0.5, 0.6) is 0 Å². The van der Waals surface area contributed by atoms with E-state index in [0.29, 0.717) is 22.5 Å². The number of rotatable bonds is 5. The topological polar surface area (TPSA) is 62.4 Å². The molecule has 0 atom stereocenters. The minimum Gasteiger partial charge on any atom is -0.306 e. The highest BCUT2D eigenvalue weighted by molar-refractivity contribution is 7.27. The Kier molecular flexibility index (Phi) is 8.85. The summed E-state index contributed by atoms with van der Waals surface area (Å²) >= 11 is 3.64. The fourth-order valence-corrected chi connectivity index (χ4v) is 15.1. The van der Waals surface area contributed by atoms with Crippen LogP contribution in [-0.4, -0.2) is 13.7 Å². The summed E-state index contributed by atoms with van der Waals surface area (Å²) in [5, 5.41) is 34.9. The second kappa shape index (κ2) is 15.9. The first kappa shape index (κ1) is 41.8. The molecule has 0 saturated carbocycles. The number of fused-ring (bicyclic) bond motifs is 17. The summed E-state index contributed by atoms with van der Waals surface area (Å²) in [4.78, 5) is 0. The summed E-state index contributed by atoms with van der Waals surface area (Å²) in [6.07, 6.45) is 0. The molecule has 5 nitrogen and oxygen atoms in total. The third-order valence-electron chi connectivity index (χ3n) is 15.5. The number of benzene rings is 11. The van der Waals surface area contributed by atoms with Crippen LogP contribution >= 0.6 is 22.7 Å². The molecule has 11 aromatic carbocycles. The van der Waals surface area contributed by atoms with E-state index in [4.69, 9.17) is 0 Å². The third-order valence-corrected chi connectivity index (χ3v) is 17.9. The molecule has 0 aliphatic heterocycles. The fraction of sp³-hybridized carbons (Fsp3) is 0. The lowest BCUT2D eigenvalue weighted by Gasteiger charge is -2.24. The summed E-state index contributed by atoms with van der Waals surface area (Å²) < 4.78 is 11.8. The summed E-state index contributed by atoms with van der Waals surface area (Å²) in [5.41, 5.74) is 13.6. The Labute approximate surface area is 437 Å². The maximum absolute atomic E-state index is 11.7. The van der Waals surface area contributed by atoms with E-state index < -0.39 is 0 Å². The van der Waals surface area contributed by atoms with E-state index in [0.717, 1.165) is 71.1 Å². The zero-order chi connectivity index (χ0) is 49.5. The van der Waals surface area contributed by atoms with Gasteiger partial charge in [-0.15, -0.1) is 22.7 Å². The Morgan fingerprint density at radius 1 is 0.293 bits per heavy atom. The molecule has 346 valence electrons. The summed E-state index contributed by atoms with van der Waals surface area (Å²) in [7, 11) is 0. The van der Waals surface area contributed by atoms with E-state index in [2.05, 4.69) is 244 Å². The van der Waals surface area contributed by atoms with Crippen LogP contribution in [0.2, 0.25) is 0 Å². The van der Waals surface area contributed by atoms with Crippen molar-refractivity contribution in [3.8, 4) is 51.5 Å². The summed E-state index contributed by atoms with van der Waals surface area (Å²) in [6, 6.07) is 85.1. The molecule has 7 heteroatoms. The molecule has 5 aromatic heterocycles. The Hall–Kier alpha value is -9.76. The molecule has 5 heterocycles. The molecule has 16 rings (SSSR count). The highest BCUT2D eigenvalue weighted by Gasteiger charge is 2.31. The van der Waals surface area contributed by atoms with Crippen LogP contribution in [0.15, 0.2) is 224 Å². The predicted molar refractivity (Wildman–Crippen MR) is 316 cm³/mol. The highest BCUT2D eigenvalue weighted by atomic mass is 32.1. The molecule has 0 fully saturated rings. The predicted octanol–water partition coefficient (Wildman–Crippen LogP) is 18.8. The molecular weight excluding hydrogens is 951 g/mol. The van der Waals surface area contributed by atoms with Gasteiger partial charge in [-0.25, -0.2) is 0 Å². The molecule has 0 amide bonds. The number of hydrogen-bond acceptors (Lipinski definition) is 4. The largest absolute Gasteiger partial charge is 0.306 e. The van der Waals surface area contributed by atoms with Gasteiger partial charge in [-0.2, -0.15) is 10.5 Å². The Morgan fingerprint density at radius 3 is 1.09 bits per heavy atom. The summed E-state index contributed by atoms with van der Waals surface area (Å²) in [5.74, 6) is 0. The molecule has 0 bridgehead atoms. The first-order valence-corrected chi connectivity index (χ1v) is 26.7. The lowest BCUT2D eigenvalue weighted by molar-refractivity contribution is 1.04. The van der Waals surface area contributed by atoms with E-state index in [9.17, 15) is 10.5 Å². The van der Waals surface area contributed by atoms with Crippen LogP contribution in [0.4, 0.5) is 0 Å². The van der Waals surface area contributed by atoms with Crippen molar-refractivity contribution in [2.75, 3.05) is 0 Å². The smallest absolute Gasteiger partial charge is 0.101 e. The molecule has 0 spiro atoms. The zero-order valence-electron chi connectivity index (χ0n) is 39.9. The van der Waals surface area contributed by atoms with Crippen molar-refractivity contribution in [2.45, 2.75) is 0 Å². The van der Waals surface area contributed by atoms with E-state index >= 15 is 0 Å². The van der Waals surface area contributed by atoms with Crippen molar-refractivity contribution in [3.05, 3.63) is 236 Å². The number of nitrogens with zero attached hydrogens (tertiary/aromatic N) is 5. The van der Waals surface area contributed by atoms with Gasteiger partial charge in [0.2, 0.25) is 0 Å². The van der Waals surface area contributed by atoms with E-state index in [1.807, 2.05) is 28.7 Å². The molecule has 0 aliphatic rings. The second-order valence-corrected chi connectivity index (χ2v) is 21.4. The van der Waals surface area contributed by atoms with E-state index in [1.54, 1.807) is 0 Å². The van der Waals surface area contributed by atoms with Crippen molar-refractivity contribution >= 4 is 128 Å². The minimum atomic E-state index is 0.402. The minimum absolute atomic E-state index is 0.402. The van der Waals surface area contributed by atoms with E-state index in [1.165, 1.54) is 62.6 Å². The van der Waals surface area contributed by atoms with Crippen LogP contribution in [0, 0.1) is 22.7 Å². The molecule has 75 heavy (non-hydrogen) atoms. The van der Waals surface area contributed by atoms with Crippen LogP contribution in [0.3, 0.4) is 0 Å². The van der Waals surface area contributed by atoms with Gasteiger partial charge in [0.05, 0.1) is 61.3 Å². The summed E-state index contributed by atoms with van der Waals surface area (Å²) in [6.45, 7) is 0. The molecule has 0 radical (unpaired) electrons. The normalized spacial score (nSPS) is 12.0. The van der Waals surface area contributed by atoms with Gasteiger partial charge in [-0.1, -0.05) is 170 Å². The number of para-hydroxylation sites is 4. The van der Waals surface area contributed by atoms with Crippen LogP contribution in [0.1, 0.15) is 11.1 Å². The number of hydrogen-bond donors (Lipinski definition) is 0. The monoisotopic (exact) mass is 987 g/mol. The first-order chi connectivity index (χ1) is 37.2. The Morgan fingerprint density at radius 2 is 0.667 bits per heavy atom. The number of nitriles is 2. The molecular formula is C68H37N5S2. The van der Waals surface area contributed by atoms with Gasteiger partial charge in [0.15, 0.2) is 0 Å². The molecule has 0 N–H and O–H groups in total. The lowest BCUT2D eigenvalue weighted by Crippen LogP contribution is -2.13. The Bertz CT molecular complexity index is 4890. The van der Waals surface area contributed by atoms with Crippen molar-refractivity contribution in [1.29, 1.82) is 10.5 Å². The fourth-order valence-electron chi connectivity index (χ4n) is 12.5. The molecule has 16 aromatic rings. The molecule has 0 aliphatic carbocycles. The third kappa shape index (κ3) is 5.74. The van der Waals surface area contributed by atoms with Crippen molar-refractivity contribution in [1.82, 2.24) is 13.7 Å². The highest BCUT2D eigenvalue weighted by Crippen LogP contribution is 2.51. The van der Waals surface area contributed by atoms with Gasteiger partial charge in [0.1, 0.15) is 12.1 Å². The van der Waals surface area contributed by atoms with Gasteiger partial charge >= 0.3 is 0 Å². The molecule has 0 saturated heterocycles. The number of thiophene rings is 2. The first-order valence-electron chi connectivity index (χ1n) is 25.0. The van der Waals surface area contributed by atoms with Crippen molar-refractivity contribution < 1.29 is 0 Å². The van der Waals surface area contributed by atoms with Gasteiger partial charge in [0, 0.05) is 72.7 Å².